The lowest BCUT2D eigenvalue weighted by molar-refractivity contribution is 0.139. The van der Waals surface area contributed by atoms with Gasteiger partial charge in [-0.2, -0.15) is 0 Å². The van der Waals surface area contributed by atoms with Crippen LogP contribution in [-0.2, 0) is 0 Å². The molecule has 0 radical (unpaired) electrons. The molecule has 1 saturated heterocycles. The fraction of sp³-hybridized carbons (Fsp3) is 0.647. The Labute approximate surface area is 126 Å². The van der Waals surface area contributed by atoms with Gasteiger partial charge < -0.3 is 10.2 Å². The maximum Gasteiger partial charge on any atom is 0.317 e. The number of amides is 2. The van der Waals surface area contributed by atoms with Crippen molar-refractivity contribution in [1.82, 2.24) is 15.2 Å². The van der Waals surface area contributed by atoms with E-state index in [0.29, 0.717) is 18.5 Å². The smallest absolute Gasteiger partial charge is 0.317 e. The fourth-order valence-electron chi connectivity index (χ4n) is 3.51. The first kappa shape index (κ1) is 14.4. The van der Waals surface area contributed by atoms with Crippen molar-refractivity contribution in [2.24, 2.45) is 5.92 Å². The zero-order valence-electron chi connectivity index (χ0n) is 12.8. The van der Waals surface area contributed by atoms with E-state index in [2.05, 4.69) is 22.1 Å². The lowest BCUT2D eigenvalue weighted by Crippen LogP contribution is -2.47. The summed E-state index contributed by atoms with van der Waals surface area (Å²) in [6.07, 6.45) is 9.92. The summed E-state index contributed by atoms with van der Waals surface area (Å²) in [5.74, 6) is 1.08. The zero-order chi connectivity index (χ0) is 14.7. The lowest BCUT2D eigenvalue weighted by Gasteiger charge is -2.37. The van der Waals surface area contributed by atoms with Crippen molar-refractivity contribution in [3.63, 3.8) is 0 Å². The first-order valence-corrected chi connectivity index (χ1v) is 8.20. The summed E-state index contributed by atoms with van der Waals surface area (Å²) >= 11 is 0. The molecule has 3 rings (SSSR count). The van der Waals surface area contributed by atoms with Gasteiger partial charge in [-0.3, -0.25) is 4.98 Å². The number of hydrogen-bond acceptors (Lipinski definition) is 2. The van der Waals surface area contributed by atoms with Crippen LogP contribution in [0.4, 0.5) is 4.79 Å². The highest BCUT2D eigenvalue weighted by molar-refractivity contribution is 5.75. The molecule has 2 amide bonds. The molecule has 114 valence electrons. The Kier molecular flexibility index (Phi) is 4.42. The molecule has 21 heavy (non-hydrogen) atoms. The second-order valence-corrected chi connectivity index (χ2v) is 6.46. The summed E-state index contributed by atoms with van der Waals surface area (Å²) in [6, 6.07) is 4.66. The SMILES string of the molecule is C[C@@H](CNC(=O)N1CCC[C@@H]1C1CCC1)c1ccncc1. The van der Waals surface area contributed by atoms with Crippen LogP contribution in [0.15, 0.2) is 24.5 Å². The zero-order valence-corrected chi connectivity index (χ0v) is 12.8. The van der Waals surface area contributed by atoms with E-state index in [1.54, 1.807) is 12.4 Å². The maximum atomic E-state index is 12.4. The number of hydrogen-bond donors (Lipinski definition) is 1. The predicted octanol–water partition coefficient (Wildman–Crippen LogP) is 3.16. The standard InChI is InChI=1S/C17H25N3O/c1-13(14-7-9-18-10-8-14)12-19-17(21)20-11-3-6-16(20)15-4-2-5-15/h7-10,13,15-16H,2-6,11-12H2,1H3,(H,19,21)/t13-,16+/m0/s1. The number of nitrogens with one attached hydrogen (secondary N) is 1. The Hall–Kier alpha value is -1.58. The Morgan fingerprint density at radius 2 is 2.10 bits per heavy atom. The van der Waals surface area contributed by atoms with E-state index in [1.807, 2.05) is 12.1 Å². The minimum absolute atomic E-state index is 0.130. The molecule has 0 unspecified atom stereocenters. The van der Waals surface area contributed by atoms with Crippen LogP contribution in [0.5, 0.6) is 0 Å². The summed E-state index contributed by atoms with van der Waals surface area (Å²) in [6.45, 7) is 3.76. The molecule has 2 aliphatic rings. The Morgan fingerprint density at radius 3 is 2.76 bits per heavy atom. The average Bonchev–Trinajstić information content (AvgIpc) is 2.92. The highest BCUT2D eigenvalue weighted by Gasteiger charge is 2.37. The predicted molar refractivity (Wildman–Crippen MR) is 83.1 cm³/mol. The molecule has 2 heterocycles. The maximum absolute atomic E-state index is 12.4. The minimum Gasteiger partial charge on any atom is -0.337 e. The highest BCUT2D eigenvalue weighted by atomic mass is 16.2. The average molecular weight is 287 g/mol. The van der Waals surface area contributed by atoms with E-state index in [1.165, 1.54) is 31.2 Å². The van der Waals surface area contributed by atoms with Gasteiger partial charge in [-0.15, -0.1) is 0 Å². The van der Waals surface area contributed by atoms with Gasteiger partial charge in [0, 0.05) is 31.5 Å². The van der Waals surface area contributed by atoms with Gasteiger partial charge >= 0.3 is 6.03 Å². The Balaban J connectivity index is 1.51. The highest BCUT2D eigenvalue weighted by Crippen LogP contribution is 2.37. The first-order valence-electron chi connectivity index (χ1n) is 8.20. The van der Waals surface area contributed by atoms with Crippen LogP contribution in [0.2, 0.25) is 0 Å². The van der Waals surface area contributed by atoms with Crippen LogP contribution < -0.4 is 5.32 Å². The molecule has 4 heteroatoms. The molecule has 1 aromatic heterocycles. The van der Waals surface area contributed by atoms with E-state index in [4.69, 9.17) is 0 Å². The van der Waals surface area contributed by atoms with Crippen molar-refractivity contribution in [3.8, 4) is 0 Å². The van der Waals surface area contributed by atoms with Crippen LogP contribution in [0.1, 0.15) is 50.5 Å². The number of likely N-dealkylation sites (tertiary alicyclic amines) is 1. The van der Waals surface area contributed by atoms with Crippen molar-refractivity contribution >= 4 is 6.03 Å². The Morgan fingerprint density at radius 1 is 1.33 bits per heavy atom. The van der Waals surface area contributed by atoms with Gasteiger partial charge in [0.25, 0.3) is 0 Å². The normalized spacial score (nSPS) is 23.7. The summed E-state index contributed by atoms with van der Waals surface area (Å²) in [4.78, 5) is 18.6. The molecule has 2 atom stereocenters. The van der Waals surface area contributed by atoms with E-state index in [9.17, 15) is 4.79 Å². The number of carbonyl (C=O) groups excluding carboxylic acids is 1. The van der Waals surface area contributed by atoms with Crippen molar-refractivity contribution in [2.75, 3.05) is 13.1 Å². The largest absolute Gasteiger partial charge is 0.337 e. The minimum atomic E-state index is 0.130. The third-order valence-corrected chi connectivity index (χ3v) is 5.09. The lowest BCUT2D eigenvalue weighted by atomic mass is 9.79. The van der Waals surface area contributed by atoms with Gasteiger partial charge in [0.1, 0.15) is 0 Å². The molecule has 0 bridgehead atoms. The fourth-order valence-corrected chi connectivity index (χ4v) is 3.51. The topological polar surface area (TPSA) is 45.2 Å². The molecule has 0 spiro atoms. The molecule has 0 aromatic carbocycles. The van der Waals surface area contributed by atoms with Crippen molar-refractivity contribution in [1.29, 1.82) is 0 Å². The number of urea groups is 1. The third-order valence-electron chi connectivity index (χ3n) is 5.09. The molecular weight excluding hydrogens is 262 g/mol. The number of nitrogens with zero attached hydrogens (tertiary/aromatic N) is 2. The van der Waals surface area contributed by atoms with Crippen LogP contribution in [0.25, 0.3) is 0 Å². The quantitative estimate of drug-likeness (QED) is 0.924. The molecule has 1 aliphatic carbocycles. The summed E-state index contributed by atoms with van der Waals surface area (Å²) in [7, 11) is 0. The number of pyridine rings is 1. The second-order valence-electron chi connectivity index (χ2n) is 6.46. The summed E-state index contributed by atoms with van der Waals surface area (Å²) < 4.78 is 0. The van der Waals surface area contributed by atoms with Crippen LogP contribution in [0, 0.1) is 5.92 Å². The second kappa shape index (κ2) is 6.46. The van der Waals surface area contributed by atoms with Gasteiger partial charge in [-0.05, 0) is 55.2 Å². The number of carbonyl (C=O) groups is 1. The number of rotatable bonds is 4. The molecule has 1 N–H and O–H groups in total. The van der Waals surface area contributed by atoms with E-state index in [-0.39, 0.29) is 6.03 Å². The Bertz CT molecular complexity index is 472. The molecule has 1 saturated carbocycles. The van der Waals surface area contributed by atoms with Gasteiger partial charge in [0.15, 0.2) is 0 Å². The van der Waals surface area contributed by atoms with Crippen molar-refractivity contribution in [2.45, 2.75) is 51.0 Å². The third kappa shape index (κ3) is 3.20. The molecule has 4 nitrogen and oxygen atoms in total. The molecule has 2 fully saturated rings. The summed E-state index contributed by atoms with van der Waals surface area (Å²) in [5, 5.41) is 3.12. The van der Waals surface area contributed by atoms with Crippen LogP contribution >= 0.6 is 0 Å². The van der Waals surface area contributed by atoms with Crippen molar-refractivity contribution in [3.05, 3.63) is 30.1 Å². The van der Waals surface area contributed by atoms with Crippen molar-refractivity contribution < 1.29 is 4.79 Å². The monoisotopic (exact) mass is 287 g/mol. The molecular formula is C17H25N3O. The van der Waals surface area contributed by atoms with E-state index in [0.717, 1.165) is 18.9 Å². The van der Waals surface area contributed by atoms with Gasteiger partial charge in [0.2, 0.25) is 0 Å². The molecule has 1 aliphatic heterocycles. The van der Waals surface area contributed by atoms with Gasteiger partial charge in [-0.25, -0.2) is 4.79 Å². The van der Waals surface area contributed by atoms with Gasteiger partial charge in [-0.1, -0.05) is 13.3 Å². The number of aromatic nitrogens is 1. The summed E-state index contributed by atoms with van der Waals surface area (Å²) in [5.41, 5.74) is 1.22. The van der Waals surface area contributed by atoms with Crippen LogP contribution in [-0.4, -0.2) is 35.0 Å². The van der Waals surface area contributed by atoms with E-state index >= 15 is 0 Å². The molecule has 1 aromatic rings. The first-order chi connectivity index (χ1) is 10.3. The van der Waals surface area contributed by atoms with Crippen LogP contribution in [0.3, 0.4) is 0 Å². The van der Waals surface area contributed by atoms with Gasteiger partial charge in [0.05, 0.1) is 0 Å². The van der Waals surface area contributed by atoms with E-state index < -0.39 is 0 Å².